The van der Waals surface area contributed by atoms with E-state index in [1.165, 1.54) is 154 Å². The summed E-state index contributed by atoms with van der Waals surface area (Å²) in [7, 11) is 0. The van der Waals surface area contributed by atoms with Crippen LogP contribution in [-0.4, -0.2) is 46.9 Å². The Labute approximate surface area is 410 Å². The van der Waals surface area contributed by atoms with E-state index in [4.69, 9.17) is 4.74 Å². The van der Waals surface area contributed by atoms with Gasteiger partial charge in [0.2, 0.25) is 5.91 Å². The largest absolute Gasteiger partial charge is 0.462 e. The highest BCUT2D eigenvalue weighted by Crippen LogP contribution is 2.18. The molecular formula is C60H111NO5. The molecule has 66 heavy (non-hydrogen) atoms. The third-order valence-corrected chi connectivity index (χ3v) is 13.1. The number of unbranched alkanes of at least 4 members (excludes halogenated alkanes) is 32. The molecule has 0 fully saturated rings. The van der Waals surface area contributed by atoms with Crippen LogP contribution in [0.1, 0.15) is 297 Å². The van der Waals surface area contributed by atoms with Gasteiger partial charge in [0.1, 0.15) is 6.10 Å². The Hall–Kier alpha value is -2.18. The van der Waals surface area contributed by atoms with E-state index >= 15 is 0 Å². The zero-order valence-electron chi connectivity index (χ0n) is 44.1. The number of carbonyl (C=O) groups excluding carboxylic acids is 2. The molecule has 0 spiro atoms. The summed E-state index contributed by atoms with van der Waals surface area (Å²) in [5.41, 5.74) is 0. The van der Waals surface area contributed by atoms with Gasteiger partial charge < -0.3 is 20.3 Å². The molecule has 0 rings (SSSR count). The first-order valence-corrected chi connectivity index (χ1v) is 28.9. The lowest BCUT2D eigenvalue weighted by molar-refractivity contribution is -0.151. The fourth-order valence-corrected chi connectivity index (χ4v) is 8.73. The Morgan fingerprint density at radius 1 is 0.439 bits per heavy atom. The van der Waals surface area contributed by atoms with Crippen molar-refractivity contribution in [2.24, 2.45) is 0 Å². The fourth-order valence-electron chi connectivity index (χ4n) is 8.73. The number of amides is 1. The van der Waals surface area contributed by atoms with E-state index in [0.717, 1.165) is 96.3 Å². The molecule has 0 saturated heterocycles. The zero-order chi connectivity index (χ0) is 48.1. The second-order valence-electron chi connectivity index (χ2n) is 19.7. The number of hydrogen-bond acceptors (Lipinski definition) is 5. The molecule has 0 saturated carbocycles. The number of rotatable bonds is 52. The highest BCUT2D eigenvalue weighted by molar-refractivity contribution is 5.77. The van der Waals surface area contributed by atoms with Crippen molar-refractivity contribution >= 4 is 11.9 Å². The summed E-state index contributed by atoms with van der Waals surface area (Å²) in [5.74, 6) is -0.505. The van der Waals surface area contributed by atoms with Gasteiger partial charge >= 0.3 is 5.97 Å². The molecule has 0 bridgehead atoms. The van der Waals surface area contributed by atoms with Crippen molar-refractivity contribution in [2.75, 3.05) is 6.61 Å². The van der Waals surface area contributed by atoms with Gasteiger partial charge in [-0.1, -0.05) is 243 Å². The predicted octanol–water partition coefficient (Wildman–Crippen LogP) is 17.8. The van der Waals surface area contributed by atoms with Gasteiger partial charge in [-0.3, -0.25) is 9.59 Å². The molecule has 0 aliphatic rings. The van der Waals surface area contributed by atoms with Crippen molar-refractivity contribution in [2.45, 2.75) is 315 Å². The van der Waals surface area contributed by atoms with Crippen LogP contribution in [0.2, 0.25) is 0 Å². The van der Waals surface area contributed by atoms with Crippen molar-refractivity contribution in [1.82, 2.24) is 5.32 Å². The molecule has 0 aliphatic carbocycles. The van der Waals surface area contributed by atoms with Crippen molar-refractivity contribution in [3.63, 3.8) is 0 Å². The van der Waals surface area contributed by atoms with Crippen LogP contribution in [0.3, 0.4) is 0 Å². The molecule has 6 nitrogen and oxygen atoms in total. The maximum atomic E-state index is 13.3. The van der Waals surface area contributed by atoms with E-state index < -0.39 is 18.2 Å². The SMILES string of the molecule is CCCCC/C=C\C/C=C\C/C=C\CCCCCCC(CC(=O)NC(CO)C(O)CCCCCCCCCCCCCCCCCCC)OC(=O)CCCCC/C=C\CCCCCCCC. The van der Waals surface area contributed by atoms with Crippen LogP contribution in [-0.2, 0) is 14.3 Å². The Morgan fingerprint density at radius 2 is 0.773 bits per heavy atom. The van der Waals surface area contributed by atoms with Crippen molar-refractivity contribution in [3.8, 4) is 0 Å². The molecule has 0 radical (unpaired) electrons. The first-order chi connectivity index (χ1) is 32.5. The fraction of sp³-hybridized carbons (Fsp3) is 0.833. The van der Waals surface area contributed by atoms with Crippen LogP contribution >= 0.6 is 0 Å². The Balaban J connectivity index is 4.58. The summed E-state index contributed by atoms with van der Waals surface area (Å²) in [5, 5.41) is 23.9. The smallest absolute Gasteiger partial charge is 0.306 e. The lowest BCUT2D eigenvalue weighted by atomic mass is 10.0. The lowest BCUT2D eigenvalue weighted by Crippen LogP contribution is -2.46. The summed E-state index contributed by atoms with van der Waals surface area (Å²) >= 11 is 0. The highest BCUT2D eigenvalue weighted by atomic mass is 16.5. The minimum atomic E-state index is -0.797. The molecule has 3 unspecified atom stereocenters. The van der Waals surface area contributed by atoms with E-state index in [1.54, 1.807) is 0 Å². The monoisotopic (exact) mass is 926 g/mol. The molecule has 3 atom stereocenters. The first-order valence-electron chi connectivity index (χ1n) is 28.9. The van der Waals surface area contributed by atoms with Gasteiger partial charge in [0.05, 0.1) is 25.2 Å². The zero-order valence-corrected chi connectivity index (χ0v) is 44.1. The molecular weight excluding hydrogens is 815 g/mol. The number of aliphatic hydroxyl groups is 2. The minimum Gasteiger partial charge on any atom is -0.462 e. The molecule has 0 heterocycles. The Bertz CT molecular complexity index is 1130. The van der Waals surface area contributed by atoms with Crippen molar-refractivity contribution in [1.29, 1.82) is 0 Å². The summed E-state index contributed by atoms with van der Waals surface area (Å²) in [6.07, 6.45) is 66.0. The molecule has 0 aliphatic heterocycles. The number of hydrogen-bond donors (Lipinski definition) is 3. The highest BCUT2D eigenvalue weighted by Gasteiger charge is 2.24. The average molecular weight is 927 g/mol. The molecule has 0 aromatic rings. The minimum absolute atomic E-state index is 0.0579. The summed E-state index contributed by atoms with van der Waals surface area (Å²) in [6.45, 7) is 6.47. The number of allylic oxidation sites excluding steroid dienone is 8. The number of ether oxygens (including phenoxy) is 1. The second-order valence-corrected chi connectivity index (χ2v) is 19.7. The first kappa shape index (κ1) is 63.8. The van der Waals surface area contributed by atoms with E-state index in [1.807, 2.05) is 0 Å². The Morgan fingerprint density at radius 3 is 1.21 bits per heavy atom. The van der Waals surface area contributed by atoms with Gasteiger partial charge in [0.25, 0.3) is 0 Å². The Kier molecular flexibility index (Phi) is 52.0. The van der Waals surface area contributed by atoms with Gasteiger partial charge in [-0.05, 0) is 89.9 Å². The number of aliphatic hydroxyl groups excluding tert-OH is 2. The summed E-state index contributed by atoms with van der Waals surface area (Å²) in [4.78, 5) is 26.2. The van der Waals surface area contributed by atoms with Gasteiger partial charge in [-0.25, -0.2) is 0 Å². The van der Waals surface area contributed by atoms with Crippen LogP contribution < -0.4 is 5.32 Å². The lowest BCUT2D eigenvalue weighted by Gasteiger charge is -2.24. The van der Waals surface area contributed by atoms with Crippen molar-refractivity contribution in [3.05, 3.63) is 48.6 Å². The van der Waals surface area contributed by atoms with Crippen LogP contribution in [0.5, 0.6) is 0 Å². The van der Waals surface area contributed by atoms with Gasteiger partial charge in [0, 0.05) is 6.42 Å². The van der Waals surface area contributed by atoms with Gasteiger partial charge in [-0.2, -0.15) is 0 Å². The predicted molar refractivity (Wildman–Crippen MR) is 287 cm³/mol. The van der Waals surface area contributed by atoms with Crippen LogP contribution in [0, 0.1) is 0 Å². The maximum absolute atomic E-state index is 13.3. The normalized spacial score (nSPS) is 13.5. The van der Waals surface area contributed by atoms with E-state index in [9.17, 15) is 19.8 Å². The van der Waals surface area contributed by atoms with Crippen LogP contribution in [0.4, 0.5) is 0 Å². The third kappa shape index (κ3) is 48.3. The van der Waals surface area contributed by atoms with E-state index in [0.29, 0.717) is 19.3 Å². The molecule has 1 amide bonds. The third-order valence-electron chi connectivity index (χ3n) is 13.1. The number of nitrogens with one attached hydrogen (secondary N) is 1. The summed E-state index contributed by atoms with van der Waals surface area (Å²) < 4.78 is 5.94. The number of carbonyl (C=O) groups is 2. The molecule has 3 N–H and O–H groups in total. The molecule has 386 valence electrons. The van der Waals surface area contributed by atoms with E-state index in [2.05, 4.69) is 74.7 Å². The second kappa shape index (κ2) is 53.8. The standard InChI is InChI=1S/C60H111NO5/c1-4-7-10-13-16-19-22-25-27-29-31-34-36-39-42-45-48-51-56(66-60(65)53-50-47-44-41-38-33-24-21-18-15-12-9-6-3)54-59(64)61-57(55-62)58(63)52-49-46-43-40-37-35-32-30-28-26-23-20-17-14-11-8-5-2/h16,19,25,27,31,33-34,38,56-58,62-63H,4-15,17-18,20-24,26,28-30,32,35-37,39-55H2,1-3H3,(H,61,64)/b19-16-,27-25-,34-31-,38-33-. The van der Waals surface area contributed by atoms with Crippen molar-refractivity contribution < 1.29 is 24.5 Å². The van der Waals surface area contributed by atoms with Crippen LogP contribution in [0.25, 0.3) is 0 Å². The van der Waals surface area contributed by atoms with Gasteiger partial charge in [-0.15, -0.1) is 0 Å². The average Bonchev–Trinajstić information content (AvgIpc) is 3.31. The summed E-state index contributed by atoms with van der Waals surface area (Å²) in [6, 6.07) is -0.713. The van der Waals surface area contributed by atoms with E-state index in [-0.39, 0.29) is 24.9 Å². The van der Waals surface area contributed by atoms with Gasteiger partial charge in [0.15, 0.2) is 0 Å². The molecule has 6 heteroatoms. The quantitative estimate of drug-likeness (QED) is 0.0321. The molecule has 0 aromatic carbocycles. The topological polar surface area (TPSA) is 95.9 Å². The number of esters is 1. The molecule has 0 aromatic heterocycles. The maximum Gasteiger partial charge on any atom is 0.306 e. The van der Waals surface area contributed by atoms with Crippen LogP contribution in [0.15, 0.2) is 48.6 Å².